The number of hydrogen-bond donors (Lipinski definition) is 1. The van der Waals surface area contributed by atoms with Gasteiger partial charge in [0.2, 0.25) is 5.91 Å². The molecule has 126 valence electrons. The van der Waals surface area contributed by atoms with Gasteiger partial charge in [0.15, 0.2) is 0 Å². The zero-order chi connectivity index (χ0) is 17.4. The van der Waals surface area contributed by atoms with Gasteiger partial charge in [0, 0.05) is 21.7 Å². The standard InChI is InChI=1S/C17H25N3OS2/c1-9(2)14-18-15(22-8-12(21)20-17(5,6)7)13-10(3)11(4)23-16(13)19-14/h9H,8H2,1-7H3,(H,20,21). The molecule has 0 bridgehead atoms. The molecular weight excluding hydrogens is 326 g/mol. The largest absolute Gasteiger partial charge is 0.351 e. The fourth-order valence-electron chi connectivity index (χ4n) is 2.18. The Morgan fingerprint density at radius 3 is 2.48 bits per heavy atom. The Labute approximate surface area is 146 Å². The van der Waals surface area contributed by atoms with Gasteiger partial charge >= 0.3 is 0 Å². The Kier molecular flexibility index (Phi) is 5.36. The van der Waals surface area contributed by atoms with Gasteiger partial charge in [-0.1, -0.05) is 25.6 Å². The van der Waals surface area contributed by atoms with E-state index in [1.54, 1.807) is 11.3 Å². The summed E-state index contributed by atoms with van der Waals surface area (Å²) in [6.07, 6.45) is 0. The minimum atomic E-state index is -0.212. The van der Waals surface area contributed by atoms with Crippen molar-refractivity contribution in [1.82, 2.24) is 15.3 Å². The molecule has 2 aromatic rings. The van der Waals surface area contributed by atoms with Crippen LogP contribution in [-0.4, -0.2) is 27.2 Å². The lowest BCUT2D eigenvalue weighted by molar-refractivity contribution is -0.119. The third kappa shape index (κ3) is 4.44. The smallest absolute Gasteiger partial charge is 0.230 e. The molecule has 4 nitrogen and oxygen atoms in total. The minimum absolute atomic E-state index is 0.0324. The average Bonchev–Trinajstić information content (AvgIpc) is 2.69. The number of thiophene rings is 1. The Balaban J connectivity index is 2.33. The van der Waals surface area contributed by atoms with E-state index in [0.717, 1.165) is 21.1 Å². The molecule has 0 saturated heterocycles. The molecule has 23 heavy (non-hydrogen) atoms. The summed E-state index contributed by atoms with van der Waals surface area (Å²) in [6, 6.07) is 0. The van der Waals surface area contributed by atoms with Gasteiger partial charge in [0.1, 0.15) is 15.7 Å². The van der Waals surface area contributed by atoms with Crippen LogP contribution in [0.1, 0.15) is 56.8 Å². The molecule has 2 rings (SSSR count). The summed E-state index contributed by atoms with van der Waals surface area (Å²) in [5.74, 6) is 1.52. The molecule has 0 aromatic carbocycles. The molecule has 1 N–H and O–H groups in total. The molecule has 0 aliphatic carbocycles. The maximum Gasteiger partial charge on any atom is 0.230 e. The number of aromatic nitrogens is 2. The van der Waals surface area contributed by atoms with Crippen molar-refractivity contribution >= 4 is 39.2 Å². The van der Waals surface area contributed by atoms with Crippen molar-refractivity contribution in [2.45, 2.75) is 64.9 Å². The number of fused-ring (bicyclic) bond motifs is 1. The van der Waals surface area contributed by atoms with Crippen LogP contribution in [0.2, 0.25) is 0 Å². The highest BCUT2D eigenvalue weighted by Crippen LogP contribution is 2.35. The molecule has 0 aliphatic heterocycles. The highest BCUT2D eigenvalue weighted by molar-refractivity contribution is 8.00. The fourth-order valence-corrected chi connectivity index (χ4v) is 4.17. The Morgan fingerprint density at radius 2 is 1.91 bits per heavy atom. The van der Waals surface area contributed by atoms with Crippen molar-refractivity contribution in [2.24, 2.45) is 0 Å². The third-order valence-electron chi connectivity index (χ3n) is 3.38. The molecule has 6 heteroatoms. The molecule has 2 heterocycles. The molecule has 0 atom stereocenters. The lowest BCUT2D eigenvalue weighted by Gasteiger charge is -2.20. The number of nitrogens with zero attached hydrogens (tertiary/aromatic N) is 2. The van der Waals surface area contributed by atoms with Crippen LogP contribution in [0.5, 0.6) is 0 Å². The average molecular weight is 352 g/mol. The van der Waals surface area contributed by atoms with E-state index in [0.29, 0.717) is 5.75 Å². The first-order chi connectivity index (χ1) is 10.6. The third-order valence-corrected chi connectivity index (χ3v) is 5.46. The lowest BCUT2D eigenvalue weighted by atomic mass is 10.1. The van der Waals surface area contributed by atoms with Crippen LogP contribution in [0.4, 0.5) is 0 Å². The van der Waals surface area contributed by atoms with Gasteiger partial charge in [-0.3, -0.25) is 4.79 Å². The van der Waals surface area contributed by atoms with Crippen LogP contribution >= 0.6 is 23.1 Å². The number of nitrogens with one attached hydrogen (secondary N) is 1. The van der Waals surface area contributed by atoms with Crippen LogP contribution in [0, 0.1) is 13.8 Å². The van der Waals surface area contributed by atoms with Crippen molar-refractivity contribution < 1.29 is 4.79 Å². The summed E-state index contributed by atoms with van der Waals surface area (Å²) in [5, 5.41) is 5.02. The van der Waals surface area contributed by atoms with Crippen LogP contribution in [-0.2, 0) is 4.79 Å². The Hall–Kier alpha value is -1.14. The van der Waals surface area contributed by atoms with Crippen molar-refractivity contribution in [3.63, 3.8) is 0 Å². The van der Waals surface area contributed by atoms with Crippen LogP contribution in [0.3, 0.4) is 0 Å². The second-order valence-electron chi connectivity index (χ2n) is 7.09. The number of carbonyl (C=O) groups excluding carboxylic acids is 1. The van der Waals surface area contributed by atoms with Gasteiger partial charge in [0.25, 0.3) is 0 Å². The summed E-state index contributed by atoms with van der Waals surface area (Å²) in [4.78, 5) is 23.8. The first-order valence-electron chi connectivity index (χ1n) is 7.80. The number of aryl methyl sites for hydroxylation is 2. The normalized spacial score (nSPS) is 12.2. The summed E-state index contributed by atoms with van der Waals surface area (Å²) in [5.41, 5.74) is 1.01. The van der Waals surface area contributed by atoms with Crippen LogP contribution in [0.25, 0.3) is 10.2 Å². The highest BCUT2D eigenvalue weighted by atomic mass is 32.2. The molecule has 1 amide bonds. The number of rotatable bonds is 4. The van der Waals surface area contributed by atoms with Crippen LogP contribution < -0.4 is 5.32 Å². The van der Waals surface area contributed by atoms with Crippen molar-refractivity contribution in [3.8, 4) is 0 Å². The SMILES string of the molecule is Cc1sc2nc(C(C)C)nc(SCC(=O)NC(C)(C)C)c2c1C. The lowest BCUT2D eigenvalue weighted by Crippen LogP contribution is -2.41. The Bertz CT molecular complexity index is 729. The topological polar surface area (TPSA) is 54.9 Å². The predicted molar refractivity (Wildman–Crippen MR) is 99.6 cm³/mol. The van der Waals surface area contributed by atoms with Gasteiger partial charge in [-0.2, -0.15) is 0 Å². The number of amides is 1. The fraction of sp³-hybridized carbons (Fsp3) is 0.588. The van der Waals surface area contributed by atoms with Crippen molar-refractivity contribution in [1.29, 1.82) is 0 Å². The van der Waals surface area contributed by atoms with Gasteiger partial charge in [-0.25, -0.2) is 9.97 Å². The van der Waals surface area contributed by atoms with E-state index in [9.17, 15) is 4.79 Å². The minimum Gasteiger partial charge on any atom is -0.351 e. The van der Waals surface area contributed by atoms with E-state index in [4.69, 9.17) is 9.97 Å². The molecule has 0 aliphatic rings. The first-order valence-corrected chi connectivity index (χ1v) is 9.60. The molecule has 0 radical (unpaired) electrons. The molecule has 2 aromatic heterocycles. The van der Waals surface area contributed by atoms with Gasteiger partial charge in [-0.05, 0) is 40.2 Å². The van der Waals surface area contributed by atoms with Crippen molar-refractivity contribution in [3.05, 3.63) is 16.3 Å². The maximum atomic E-state index is 12.1. The monoisotopic (exact) mass is 351 g/mol. The zero-order valence-electron chi connectivity index (χ0n) is 14.9. The maximum absolute atomic E-state index is 12.1. The van der Waals surface area contributed by atoms with Gasteiger partial charge < -0.3 is 5.32 Å². The van der Waals surface area contributed by atoms with E-state index in [1.807, 2.05) is 20.8 Å². The van der Waals surface area contributed by atoms with E-state index in [2.05, 4.69) is 33.0 Å². The summed E-state index contributed by atoms with van der Waals surface area (Å²) >= 11 is 3.21. The highest BCUT2D eigenvalue weighted by Gasteiger charge is 2.19. The second-order valence-corrected chi connectivity index (χ2v) is 9.26. The summed E-state index contributed by atoms with van der Waals surface area (Å²) in [6.45, 7) is 14.4. The predicted octanol–water partition coefficient (Wildman–Crippen LogP) is 4.44. The number of carbonyl (C=O) groups is 1. The number of thioether (sulfide) groups is 1. The molecule has 0 unspecified atom stereocenters. The van der Waals surface area contributed by atoms with E-state index in [-0.39, 0.29) is 17.4 Å². The van der Waals surface area contributed by atoms with Crippen LogP contribution in [0.15, 0.2) is 5.03 Å². The zero-order valence-corrected chi connectivity index (χ0v) is 16.5. The first kappa shape index (κ1) is 18.2. The number of hydrogen-bond acceptors (Lipinski definition) is 5. The van der Waals surface area contributed by atoms with E-state index < -0.39 is 0 Å². The molecule has 0 spiro atoms. The summed E-state index contributed by atoms with van der Waals surface area (Å²) in [7, 11) is 0. The van der Waals surface area contributed by atoms with E-state index in [1.165, 1.54) is 22.2 Å². The van der Waals surface area contributed by atoms with Gasteiger partial charge in [0.05, 0.1) is 5.75 Å². The Morgan fingerprint density at radius 1 is 1.26 bits per heavy atom. The molecular formula is C17H25N3OS2. The van der Waals surface area contributed by atoms with Crippen molar-refractivity contribution in [2.75, 3.05) is 5.75 Å². The second kappa shape index (κ2) is 6.77. The van der Waals surface area contributed by atoms with Gasteiger partial charge in [-0.15, -0.1) is 11.3 Å². The summed E-state index contributed by atoms with van der Waals surface area (Å²) < 4.78 is 0. The quantitative estimate of drug-likeness (QED) is 0.653. The molecule has 0 fully saturated rings. The molecule has 0 saturated carbocycles. The van der Waals surface area contributed by atoms with E-state index >= 15 is 0 Å².